The lowest BCUT2D eigenvalue weighted by Crippen LogP contribution is -2.45. The van der Waals surface area contributed by atoms with Crippen molar-refractivity contribution in [1.82, 2.24) is 24.1 Å². The van der Waals surface area contributed by atoms with Gasteiger partial charge in [0.25, 0.3) is 11.5 Å². The van der Waals surface area contributed by atoms with Crippen LogP contribution in [0.1, 0.15) is 20.8 Å². The lowest BCUT2D eigenvalue weighted by Gasteiger charge is -2.32. The van der Waals surface area contributed by atoms with E-state index < -0.39 is 23.2 Å². The van der Waals surface area contributed by atoms with E-state index in [0.29, 0.717) is 23.1 Å². The predicted molar refractivity (Wildman–Crippen MR) is 154 cm³/mol. The van der Waals surface area contributed by atoms with Crippen LogP contribution in [0.2, 0.25) is 4.34 Å². The normalized spacial score (nSPS) is 14.9. The molecule has 0 bridgehead atoms. The Kier molecular flexibility index (Phi) is 8.64. The molecule has 216 valence electrons. The lowest BCUT2D eigenvalue weighted by atomic mass is 10.1. The first kappa shape index (κ1) is 29.1. The van der Waals surface area contributed by atoms with Crippen molar-refractivity contribution in [1.29, 1.82) is 0 Å². The van der Waals surface area contributed by atoms with Gasteiger partial charge in [-0.3, -0.25) is 14.5 Å². The van der Waals surface area contributed by atoms with Gasteiger partial charge < -0.3 is 14.8 Å². The van der Waals surface area contributed by atoms with Crippen molar-refractivity contribution in [2.75, 3.05) is 45.1 Å². The van der Waals surface area contributed by atoms with Crippen molar-refractivity contribution in [2.45, 2.75) is 19.3 Å². The minimum Gasteiger partial charge on any atom is -0.365 e. The summed E-state index contributed by atoms with van der Waals surface area (Å²) in [5, 5.41) is 7.55. The number of piperazine rings is 1. The summed E-state index contributed by atoms with van der Waals surface area (Å²) in [4.78, 5) is 31.9. The Bertz CT molecular complexity index is 1590. The van der Waals surface area contributed by atoms with Crippen LogP contribution < -0.4 is 10.9 Å². The molecular formula is C28H28ClF3N6O2S. The largest absolute Gasteiger partial charge is 0.417 e. The molecule has 0 aliphatic carbocycles. The van der Waals surface area contributed by atoms with Gasteiger partial charge in [-0.15, -0.1) is 11.3 Å². The highest BCUT2D eigenvalue weighted by Crippen LogP contribution is 2.33. The number of likely N-dealkylation sites (N-methyl/N-ethyl adjacent to an activating group) is 1. The fraction of sp³-hybridized carbons (Fsp3) is 0.321. The monoisotopic (exact) mass is 604 g/mol. The van der Waals surface area contributed by atoms with E-state index in [2.05, 4.69) is 27.3 Å². The van der Waals surface area contributed by atoms with Gasteiger partial charge in [0.1, 0.15) is 11.5 Å². The van der Waals surface area contributed by atoms with Crippen molar-refractivity contribution in [3.63, 3.8) is 0 Å². The quantitative estimate of drug-likeness (QED) is 0.305. The van der Waals surface area contributed by atoms with Crippen LogP contribution in [-0.4, -0.2) is 69.8 Å². The molecule has 13 heteroatoms. The Hall–Kier alpha value is -3.45. The van der Waals surface area contributed by atoms with Crippen molar-refractivity contribution in [2.24, 2.45) is 0 Å². The number of halogens is 4. The molecule has 0 amide bonds. The fourth-order valence-electron chi connectivity index (χ4n) is 4.73. The number of hydrogen-bond donors (Lipinski definition) is 1. The number of benzene rings is 1. The van der Waals surface area contributed by atoms with Crippen molar-refractivity contribution in [3.05, 3.63) is 91.4 Å². The number of hydrogen-bond acceptors (Lipinski definition) is 7. The molecule has 1 saturated heterocycles. The number of thiophene rings is 1. The van der Waals surface area contributed by atoms with Gasteiger partial charge in [0, 0.05) is 56.3 Å². The Labute approximate surface area is 243 Å². The Morgan fingerprint density at radius 1 is 1.02 bits per heavy atom. The topological polar surface area (TPSA) is 75.4 Å². The number of alkyl halides is 3. The number of nitrogens with one attached hydrogen (secondary N) is 1. The molecule has 3 aromatic heterocycles. The van der Waals surface area contributed by atoms with Crippen LogP contribution in [0.25, 0.3) is 11.4 Å². The number of pyridine rings is 1. The SMILES string of the molecule is CN1CCN(CCn2c(-c3cc(NCc4ccc(Cl)s4)n(C(=O)c4ccccc4C(F)(F)F)n3)cccc2=O)CC1. The van der Waals surface area contributed by atoms with E-state index >= 15 is 0 Å². The Morgan fingerprint density at radius 2 is 1.78 bits per heavy atom. The molecule has 0 unspecified atom stereocenters. The summed E-state index contributed by atoms with van der Waals surface area (Å²) >= 11 is 7.39. The van der Waals surface area contributed by atoms with E-state index in [1.54, 1.807) is 28.8 Å². The van der Waals surface area contributed by atoms with Crippen molar-refractivity contribution < 1.29 is 18.0 Å². The molecule has 0 saturated carbocycles. The van der Waals surface area contributed by atoms with Crippen LogP contribution in [0.15, 0.2) is 65.5 Å². The van der Waals surface area contributed by atoms with Crippen LogP contribution in [0, 0.1) is 0 Å². The predicted octanol–water partition coefficient (Wildman–Crippen LogP) is 4.99. The van der Waals surface area contributed by atoms with Crippen LogP contribution >= 0.6 is 22.9 Å². The number of carbonyl (C=O) groups excluding carboxylic acids is 1. The van der Waals surface area contributed by atoms with Gasteiger partial charge in [0.05, 0.1) is 27.7 Å². The highest BCUT2D eigenvalue weighted by atomic mass is 35.5. The molecule has 4 heterocycles. The van der Waals surface area contributed by atoms with Gasteiger partial charge >= 0.3 is 6.18 Å². The first-order chi connectivity index (χ1) is 19.6. The molecule has 1 fully saturated rings. The summed E-state index contributed by atoms with van der Waals surface area (Å²) in [6.07, 6.45) is -4.73. The van der Waals surface area contributed by atoms with Crippen molar-refractivity contribution >= 4 is 34.7 Å². The number of rotatable bonds is 8. The van der Waals surface area contributed by atoms with Gasteiger partial charge in [0.2, 0.25) is 0 Å². The van der Waals surface area contributed by atoms with E-state index in [9.17, 15) is 22.8 Å². The van der Waals surface area contributed by atoms with Crippen LogP contribution in [0.3, 0.4) is 0 Å². The van der Waals surface area contributed by atoms with Crippen LogP contribution in [0.4, 0.5) is 19.0 Å². The summed E-state index contributed by atoms with van der Waals surface area (Å²) in [5.41, 5.74) is -1.07. The number of aromatic nitrogens is 3. The second-order valence-corrected chi connectivity index (χ2v) is 11.6. The zero-order chi connectivity index (χ0) is 29.1. The summed E-state index contributed by atoms with van der Waals surface area (Å²) in [5.74, 6) is -0.758. The minimum atomic E-state index is -4.73. The molecular weight excluding hydrogens is 577 g/mol. The third-order valence-corrected chi connectivity index (χ3v) is 8.22. The lowest BCUT2D eigenvalue weighted by molar-refractivity contribution is -0.137. The molecule has 1 aromatic carbocycles. The molecule has 1 aliphatic rings. The Balaban J connectivity index is 1.51. The highest BCUT2D eigenvalue weighted by molar-refractivity contribution is 7.16. The maximum absolute atomic E-state index is 13.8. The smallest absolute Gasteiger partial charge is 0.365 e. The fourth-order valence-corrected chi connectivity index (χ4v) is 5.76. The van der Waals surface area contributed by atoms with Gasteiger partial charge in [-0.2, -0.15) is 23.0 Å². The van der Waals surface area contributed by atoms with E-state index in [-0.39, 0.29) is 23.6 Å². The summed E-state index contributed by atoms with van der Waals surface area (Å²) in [7, 11) is 2.07. The molecule has 0 spiro atoms. The molecule has 0 radical (unpaired) electrons. The van der Waals surface area contributed by atoms with E-state index in [1.165, 1.54) is 29.5 Å². The summed E-state index contributed by atoms with van der Waals surface area (Å²) < 4.78 is 44.4. The molecule has 0 atom stereocenters. The standard InChI is InChI=1S/C28H28ClF3N6O2S/c1-35-11-13-36(14-12-35)15-16-37-23(7-4-8-26(37)39)22-17-25(33-18-19-9-10-24(29)41-19)38(34-22)27(40)20-5-2-3-6-21(20)28(30,31)32/h2-10,17,33H,11-16,18H2,1H3. The van der Waals surface area contributed by atoms with Gasteiger partial charge in [-0.25, -0.2) is 0 Å². The average molecular weight is 605 g/mol. The number of anilines is 1. The third kappa shape index (κ3) is 6.72. The minimum absolute atomic E-state index is 0.188. The van der Waals surface area contributed by atoms with Gasteiger partial charge in [-0.1, -0.05) is 29.8 Å². The second kappa shape index (κ2) is 12.2. The molecule has 5 rings (SSSR count). The molecule has 1 aliphatic heterocycles. The second-order valence-electron chi connectivity index (χ2n) is 9.78. The van der Waals surface area contributed by atoms with Crippen LogP contribution in [0.5, 0.6) is 0 Å². The number of carbonyl (C=O) groups is 1. The molecule has 8 nitrogen and oxygen atoms in total. The Morgan fingerprint density at radius 3 is 2.49 bits per heavy atom. The van der Waals surface area contributed by atoms with E-state index in [4.69, 9.17) is 11.6 Å². The molecule has 41 heavy (non-hydrogen) atoms. The zero-order valence-corrected chi connectivity index (χ0v) is 23.8. The van der Waals surface area contributed by atoms with Crippen molar-refractivity contribution in [3.8, 4) is 11.4 Å². The summed E-state index contributed by atoms with van der Waals surface area (Å²) in [6, 6.07) is 14.5. The maximum atomic E-state index is 13.8. The van der Waals surface area contributed by atoms with Gasteiger partial charge in [-0.05, 0) is 37.4 Å². The summed E-state index contributed by atoms with van der Waals surface area (Å²) in [6.45, 7) is 4.95. The highest BCUT2D eigenvalue weighted by Gasteiger charge is 2.36. The van der Waals surface area contributed by atoms with E-state index in [1.807, 2.05) is 6.07 Å². The number of nitrogens with zero attached hydrogens (tertiary/aromatic N) is 5. The van der Waals surface area contributed by atoms with E-state index in [0.717, 1.165) is 47.9 Å². The first-order valence-corrected chi connectivity index (χ1v) is 14.2. The van der Waals surface area contributed by atoms with Crippen LogP contribution in [-0.2, 0) is 19.3 Å². The zero-order valence-electron chi connectivity index (χ0n) is 22.2. The first-order valence-electron chi connectivity index (χ1n) is 13.0. The third-order valence-electron chi connectivity index (χ3n) is 6.99. The molecule has 4 aromatic rings. The maximum Gasteiger partial charge on any atom is 0.417 e. The average Bonchev–Trinajstić information content (AvgIpc) is 3.57. The molecule has 1 N–H and O–H groups in total. The van der Waals surface area contributed by atoms with Gasteiger partial charge in [0.15, 0.2) is 0 Å².